The average molecular weight is 463 g/mol. The van der Waals surface area contributed by atoms with Crippen LogP contribution < -0.4 is 10.6 Å². The van der Waals surface area contributed by atoms with Crippen LogP contribution in [-0.4, -0.2) is 23.2 Å². The van der Waals surface area contributed by atoms with Crippen molar-refractivity contribution in [2.24, 2.45) is 0 Å². The molecule has 6 nitrogen and oxygen atoms in total. The number of amides is 1. The van der Waals surface area contributed by atoms with Crippen molar-refractivity contribution < 1.29 is 9.59 Å². The van der Waals surface area contributed by atoms with Crippen LogP contribution >= 0.6 is 0 Å². The number of pyridine rings is 1. The van der Waals surface area contributed by atoms with Crippen LogP contribution in [-0.2, 0) is 9.59 Å². The molecule has 0 radical (unpaired) electrons. The molecule has 1 aliphatic rings. The lowest BCUT2D eigenvalue weighted by molar-refractivity contribution is -0.118. The molecule has 2 aromatic carbocycles. The van der Waals surface area contributed by atoms with Crippen molar-refractivity contribution in [2.45, 2.75) is 25.3 Å². The van der Waals surface area contributed by atoms with Crippen LogP contribution in [0.2, 0.25) is 0 Å². The molecule has 2 atom stereocenters. The van der Waals surface area contributed by atoms with Crippen LogP contribution in [0.4, 0.5) is 5.82 Å². The summed E-state index contributed by atoms with van der Waals surface area (Å²) in [5, 5.41) is 15.3. The highest BCUT2D eigenvalue weighted by Gasteiger charge is 2.22. The molecule has 174 valence electrons. The fraction of sp³-hybridized carbons (Fsp3) is 0.172. The number of nitrogens with zero attached hydrogens (tertiary/aromatic N) is 2. The Hall–Kier alpha value is -4.34. The summed E-state index contributed by atoms with van der Waals surface area (Å²) in [5.74, 6) is 0.425. The monoisotopic (exact) mass is 462 g/mol. The second kappa shape index (κ2) is 11.2. The van der Waals surface area contributed by atoms with Gasteiger partial charge in [0.25, 0.3) is 0 Å². The summed E-state index contributed by atoms with van der Waals surface area (Å²) in [6.07, 6.45) is 7.42. The Labute approximate surface area is 205 Å². The molecule has 0 saturated carbocycles. The van der Waals surface area contributed by atoms with Crippen LogP contribution in [0, 0.1) is 11.3 Å². The second-order valence-electron chi connectivity index (χ2n) is 8.48. The summed E-state index contributed by atoms with van der Waals surface area (Å²) in [6, 6.07) is 22.2. The van der Waals surface area contributed by atoms with Crippen LogP contribution in [0.3, 0.4) is 0 Å². The molecule has 1 amide bonds. The lowest BCUT2D eigenvalue weighted by Gasteiger charge is -2.21. The number of anilines is 1. The van der Waals surface area contributed by atoms with Crippen molar-refractivity contribution in [3.05, 3.63) is 113 Å². The third-order valence-corrected chi connectivity index (χ3v) is 5.91. The predicted molar refractivity (Wildman–Crippen MR) is 136 cm³/mol. The van der Waals surface area contributed by atoms with E-state index in [4.69, 9.17) is 5.26 Å². The van der Waals surface area contributed by atoms with Crippen molar-refractivity contribution in [1.29, 1.82) is 5.26 Å². The van der Waals surface area contributed by atoms with Gasteiger partial charge in [0.2, 0.25) is 5.91 Å². The number of benzene rings is 2. The number of carbonyl (C=O) groups excluding carboxylic acids is 2. The largest absolute Gasteiger partial charge is 0.309 e. The fourth-order valence-electron chi connectivity index (χ4n) is 3.91. The molecule has 1 aromatic heterocycles. The van der Waals surface area contributed by atoms with Gasteiger partial charge in [-0.2, -0.15) is 5.26 Å². The number of aromatic nitrogens is 1. The van der Waals surface area contributed by atoms with Gasteiger partial charge < -0.3 is 10.6 Å². The lowest BCUT2D eigenvalue weighted by Crippen LogP contribution is -2.35. The standard InChI is InChI=1S/C29H26N4O2/c1-20(22-12-10-21(17-30)11-13-22)18-32-28(23-6-3-2-4-7-23)29(35)33-27-15-14-25(19-31-27)24-8-5-9-26(34)16-24/h2-8,10-16,19-20,28,32H,9,18H2,1H3,(H,31,33,35). The minimum atomic E-state index is -0.569. The minimum absolute atomic E-state index is 0.0619. The number of nitrogens with one attached hydrogen (secondary N) is 2. The van der Waals surface area contributed by atoms with Gasteiger partial charge in [0.1, 0.15) is 11.9 Å². The third-order valence-electron chi connectivity index (χ3n) is 5.91. The van der Waals surface area contributed by atoms with Crippen molar-refractivity contribution in [2.75, 3.05) is 11.9 Å². The maximum absolute atomic E-state index is 13.3. The Morgan fingerprint density at radius 1 is 1.06 bits per heavy atom. The Morgan fingerprint density at radius 3 is 2.49 bits per heavy atom. The summed E-state index contributed by atoms with van der Waals surface area (Å²) >= 11 is 0. The van der Waals surface area contributed by atoms with Gasteiger partial charge in [0.05, 0.1) is 11.6 Å². The second-order valence-corrected chi connectivity index (χ2v) is 8.48. The molecule has 6 heteroatoms. The van der Waals surface area contributed by atoms with Gasteiger partial charge in [-0.1, -0.05) is 61.5 Å². The van der Waals surface area contributed by atoms with E-state index in [2.05, 4.69) is 28.6 Å². The molecule has 0 aliphatic heterocycles. The molecule has 2 unspecified atom stereocenters. The van der Waals surface area contributed by atoms with E-state index in [9.17, 15) is 9.59 Å². The summed E-state index contributed by atoms with van der Waals surface area (Å²) in [4.78, 5) is 29.3. The fourth-order valence-corrected chi connectivity index (χ4v) is 3.91. The maximum Gasteiger partial charge on any atom is 0.247 e. The molecule has 3 aromatic rings. The molecule has 2 N–H and O–H groups in total. The van der Waals surface area contributed by atoms with E-state index in [1.807, 2.05) is 60.7 Å². The normalized spacial score (nSPS) is 14.5. The third kappa shape index (κ3) is 6.17. The van der Waals surface area contributed by atoms with Crippen molar-refractivity contribution >= 4 is 23.1 Å². The first-order valence-electron chi connectivity index (χ1n) is 11.5. The molecule has 1 heterocycles. The first kappa shape index (κ1) is 23.8. The van der Waals surface area contributed by atoms with E-state index < -0.39 is 6.04 Å². The van der Waals surface area contributed by atoms with Gasteiger partial charge in [-0.25, -0.2) is 4.98 Å². The molecule has 0 saturated heterocycles. The predicted octanol–water partition coefficient (Wildman–Crippen LogP) is 4.94. The molecule has 0 fully saturated rings. The van der Waals surface area contributed by atoms with Gasteiger partial charge >= 0.3 is 0 Å². The molecule has 4 rings (SSSR count). The molecule has 0 bridgehead atoms. The number of ketones is 1. The number of hydrogen-bond donors (Lipinski definition) is 2. The number of rotatable bonds is 8. The van der Waals surface area contributed by atoms with E-state index in [1.54, 1.807) is 30.5 Å². The zero-order valence-corrected chi connectivity index (χ0v) is 19.4. The average Bonchev–Trinajstić information content (AvgIpc) is 2.90. The minimum Gasteiger partial charge on any atom is -0.309 e. The van der Waals surface area contributed by atoms with Crippen LogP contribution in [0.25, 0.3) is 5.57 Å². The first-order valence-corrected chi connectivity index (χ1v) is 11.5. The maximum atomic E-state index is 13.3. The Kier molecular flexibility index (Phi) is 7.61. The Balaban J connectivity index is 1.45. The number of allylic oxidation sites excluding steroid dienone is 4. The highest BCUT2D eigenvalue weighted by molar-refractivity contribution is 6.02. The van der Waals surface area contributed by atoms with Gasteiger partial charge in [-0.15, -0.1) is 0 Å². The van der Waals surface area contributed by atoms with E-state index in [1.165, 1.54) is 0 Å². The quantitative estimate of drug-likeness (QED) is 0.495. The topological polar surface area (TPSA) is 94.9 Å². The molecule has 0 spiro atoms. The molecule has 35 heavy (non-hydrogen) atoms. The summed E-state index contributed by atoms with van der Waals surface area (Å²) < 4.78 is 0. The smallest absolute Gasteiger partial charge is 0.247 e. The SMILES string of the molecule is CC(CNC(C(=O)Nc1ccc(C2=CC(=O)CC=C2)cn1)c1ccccc1)c1ccc(C#N)cc1. The van der Waals surface area contributed by atoms with Gasteiger partial charge in [-0.05, 0) is 53.0 Å². The van der Waals surface area contributed by atoms with E-state index in [0.717, 1.165) is 22.3 Å². The highest BCUT2D eigenvalue weighted by atomic mass is 16.2. The summed E-state index contributed by atoms with van der Waals surface area (Å²) in [5.41, 5.74) is 4.19. The zero-order chi connectivity index (χ0) is 24.6. The van der Waals surface area contributed by atoms with Gasteiger partial charge in [-0.3, -0.25) is 9.59 Å². The van der Waals surface area contributed by atoms with Crippen molar-refractivity contribution in [3.63, 3.8) is 0 Å². The number of carbonyl (C=O) groups is 2. The zero-order valence-electron chi connectivity index (χ0n) is 19.4. The van der Waals surface area contributed by atoms with Gasteiger partial charge in [0, 0.05) is 24.7 Å². The Morgan fingerprint density at radius 2 is 1.83 bits per heavy atom. The number of hydrogen-bond acceptors (Lipinski definition) is 5. The molecular weight excluding hydrogens is 436 g/mol. The molecular formula is C29H26N4O2. The summed E-state index contributed by atoms with van der Waals surface area (Å²) in [6.45, 7) is 2.65. The van der Waals surface area contributed by atoms with Gasteiger partial charge in [0.15, 0.2) is 5.78 Å². The van der Waals surface area contributed by atoms with Crippen LogP contribution in [0.1, 0.15) is 47.6 Å². The summed E-state index contributed by atoms with van der Waals surface area (Å²) in [7, 11) is 0. The first-order chi connectivity index (χ1) is 17.0. The van der Waals surface area contributed by atoms with Crippen molar-refractivity contribution in [3.8, 4) is 6.07 Å². The van der Waals surface area contributed by atoms with Crippen LogP contribution in [0.5, 0.6) is 0 Å². The van der Waals surface area contributed by atoms with E-state index in [-0.39, 0.29) is 17.6 Å². The Bertz CT molecular complexity index is 1290. The van der Waals surface area contributed by atoms with E-state index >= 15 is 0 Å². The highest BCUT2D eigenvalue weighted by Crippen LogP contribution is 2.22. The molecule has 1 aliphatic carbocycles. The lowest BCUT2D eigenvalue weighted by atomic mass is 9.98. The van der Waals surface area contributed by atoms with Crippen molar-refractivity contribution in [1.82, 2.24) is 10.3 Å². The van der Waals surface area contributed by atoms with E-state index in [0.29, 0.717) is 24.3 Å². The van der Waals surface area contributed by atoms with Crippen LogP contribution in [0.15, 0.2) is 91.2 Å². The number of nitriles is 1.